The molecule has 1 aliphatic heterocycles. The van der Waals surface area contributed by atoms with E-state index < -0.39 is 0 Å². The van der Waals surface area contributed by atoms with Crippen molar-refractivity contribution in [2.45, 2.75) is 13.3 Å². The van der Waals surface area contributed by atoms with Crippen LogP contribution in [0.3, 0.4) is 0 Å². The first-order valence-electron chi connectivity index (χ1n) is 11.5. The van der Waals surface area contributed by atoms with E-state index in [1.807, 2.05) is 66.7 Å². The maximum atomic E-state index is 13.0. The number of para-hydroxylation sites is 1. The molecule has 178 valence electrons. The summed E-state index contributed by atoms with van der Waals surface area (Å²) in [5, 5.41) is 6.35. The second-order valence-corrected chi connectivity index (χ2v) is 8.41. The molecular weight excluding hydrogens is 440 g/mol. The van der Waals surface area contributed by atoms with Gasteiger partial charge in [-0.2, -0.15) is 0 Å². The lowest BCUT2D eigenvalue weighted by Crippen LogP contribution is -2.40. The summed E-state index contributed by atoms with van der Waals surface area (Å²) in [6.07, 6.45) is 0.291. The number of fused-ring (bicyclic) bond motifs is 1. The molecule has 3 amide bonds. The summed E-state index contributed by atoms with van der Waals surface area (Å²) in [5.41, 5.74) is 5.12. The van der Waals surface area contributed by atoms with Gasteiger partial charge in [0.05, 0.1) is 11.3 Å². The van der Waals surface area contributed by atoms with Gasteiger partial charge in [-0.05, 0) is 35.9 Å². The van der Waals surface area contributed by atoms with E-state index in [9.17, 15) is 14.4 Å². The Kier molecular flexibility index (Phi) is 6.96. The number of benzene rings is 3. The first kappa shape index (κ1) is 23.8. The van der Waals surface area contributed by atoms with Crippen LogP contribution in [0.1, 0.15) is 24.5 Å². The van der Waals surface area contributed by atoms with Crippen LogP contribution in [0, 0.1) is 0 Å². The minimum absolute atomic E-state index is 0.0251. The lowest BCUT2D eigenvalue weighted by molar-refractivity contribution is -0.129. The Hall–Kier alpha value is -4.39. The van der Waals surface area contributed by atoms with E-state index in [1.165, 1.54) is 9.80 Å². The zero-order chi connectivity index (χ0) is 24.9. The molecule has 7 nitrogen and oxygen atoms in total. The molecule has 4 rings (SSSR count). The first-order valence-corrected chi connectivity index (χ1v) is 11.5. The summed E-state index contributed by atoms with van der Waals surface area (Å²) >= 11 is 0. The van der Waals surface area contributed by atoms with Crippen molar-refractivity contribution >= 4 is 46.1 Å². The van der Waals surface area contributed by atoms with Gasteiger partial charge in [0.1, 0.15) is 6.54 Å². The van der Waals surface area contributed by atoms with E-state index in [4.69, 9.17) is 0 Å². The van der Waals surface area contributed by atoms with Crippen molar-refractivity contribution in [1.82, 2.24) is 4.90 Å². The molecule has 1 aliphatic rings. The van der Waals surface area contributed by atoms with E-state index in [1.54, 1.807) is 33.2 Å². The van der Waals surface area contributed by atoms with Crippen LogP contribution < -0.4 is 15.5 Å². The van der Waals surface area contributed by atoms with Gasteiger partial charge in [-0.25, -0.2) is 0 Å². The van der Waals surface area contributed by atoms with E-state index in [-0.39, 0.29) is 24.3 Å². The molecule has 7 heteroatoms. The summed E-state index contributed by atoms with van der Waals surface area (Å²) in [6.45, 7) is 1.75. The quantitative estimate of drug-likeness (QED) is 0.502. The minimum Gasteiger partial charge on any atom is -0.354 e. The summed E-state index contributed by atoms with van der Waals surface area (Å²) in [6, 6.07) is 24.6. The molecule has 0 bridgehead atoms. The maximum absolute atomic E-state index is 13.0. The second kappa shape index (κ2) is 10.3. The van der Waals surface area contributed by atoms with E-state index in [0.29, 0.717) is 23.4 Å². The Morgan fingerprint density at radius 2 is 1.51 bits per heavy atom. The van der Waals surface area contributed by atoms with Gasteiger partial charge < -0.3 is 20.4 Å². The molecule has 0 aliphatic carbocycles. The zero-order valence-corrected chi connectivity index (χ0v) is 20.0. The molecule has 0 saturated heterocycles. The SMILES string of the molecule is CCC(=O)N(CC(=O)N(C)C)c1ccc(NC(=C2C(=O)Nc3ccccc32)c2ccccc2)cc1. The molecule has 35 heavy (non-hydrogen) atoms. The Bertz CT molecular complexity index is 1280. The van der Waals surface area contributed by atoms with Crippen LogP contribution in [0.4, 0.5) is 17.1 Å². The van der Waals surface area contributed by atoms with Crippen LogP contribution in [0.2, 0.25) is 0 Å². The van der Waals surface area contributed by atoms with Gasteiger partial charge in [0.2, 0.25) is 11.8 Å². The molecule has 0 fully saturated rings. The highest BCUT2D eigenvalue weighted by Crippen LogP contribution is 2.37. The van der Waals surface area contributed by atoms with Gasteiger partial charge in [-0.15, -0.1) is 0 Å². The number of carbonyl (C=O) groups excluding carboxylic acids is 3. The van der Waals surface area contributed by atoms with E-state index >= 15 is 0 Å². The van der Waals surface area contributed by atoms with Crippen molar-refractivity contribution in [3.63, 3.8) is 0 Å². The van der Waals surface area contributed by atoms with Gasteiger partial charge in [0, 0.05) is 43.1 Å². The monoisotopic (exact) mass is 468 g/mol. The third kappa shape index (κ3) is 5.09. The number of nitrogens with zero attached hydrogens (tertiary/aromatic N) is 2. The third-order valence-electron chi connectivity index (χ3n) is 5.83. The molecule has 0 saturated carbocycles. The fourth-order valence-corrected chi connectivity index (χ4v) is 3.91. The molecule has 3 aromatic rings. The van der Waals surface area contributed by atoms with E-state index in [2.05, 4.69) is 10.6 Å². The number of carbonyl (C=O) groups is 3. The second-order valence-electron chi connectivity index (χ2n) is 8.41. The molecule has 3 aromatic carbocycles. The van der Waals surface area contributed by atoms with Crippen LogP contribution in [0.5, 0.6) is 0 Å². The smallest absolute Gasteiger partial charge is 0.258 e. The minimum atomic E-state index is -0.170. The molecule has 0 radical (unpaired) electrons. The highest BCUT2D eigenvalue weighted by atomic mass is 16.2. The normalized spacial score (nSPS) is 13.5. The number of hydrogen-bond acceptors (Lipinski definition) is 4. The number of rotatable bonds is 7. The first-order chi connectivity index (χ1) is 16.9. The third-order valence-corrected chi connectivity index (χ3v) is 5.83. The predicted molar refractivity (Wildman–Crippen MR) is 140 cm³/mol. The topological polar surface area (TPSA) is 81.8 Å². The molecule has 0 atom stereocenters. The number of amides is 3. The van der Waals surface area contributed by atoms with Crippen molar-refractivity contribution in [2.24, 2.45) is 0 Å². The average Bonchev–Trinajstić information content (AvgIpc) is 3.21. The lowest BCUT2D eigenvalue weighted by Gasteiger charge is -2.24. The molecular formula is C28H28N4O3. The Morgan fingerprint density at radius 1 is 0.857 bits per heavy atom. The van der Waals surface area contributed by atoms with Gasteiger partial charge in [-0.3, -0.25) is 14.4 Å². The van der Waals surface area contributed by atoms with Crippen LogP contribution in [-0.2, 0) is 14.4 Å². The highest BCUT2D eigenvalue weighted by molar-refractivity contribution is 6.37. The van der Waals surface area contributed by atoms with Gasteiger partial charge in [0.25, 0.3) is 5.91 Å². The van der Waals surface area contributed by atoms with Crippen LogP contribution in [0.25, 0.3) is 11.3 Å². The number of likely N-dealkylation sites (N-methyl/N-ethyl adjacent to an activating group) is 1. The number of anilines is 3. The van der Waals surface area contributed by atoms with Crippen molar-refractivity contribution in [2.75, 3.05) is 36.2 Å². The van der Waals surface area contributed by atoms with Crippen molar-refractivity contribution in [3.8, 4) is 0 Å². The average molecular weight is 469 g/mol. The predicted octanol–water partition coefficient (Wildman–Crippen LogP) is 4.45. The van der Waals surface area contributed by atoms with Gasteiger partial charge >= 0.3 is 0 Å². The van der Waals surface area contributed by atoms with Crippen LogP contribution >= 0.6 is 0 Å². The number of nitrogens with one attached hydrogen (secondary N) is 2. The lowest BCUT2D eigenvalue weighted by atomic mass is 10.00. The standard InChI is InChI=1S/C28H28N4O3/c1-4-24(33)32(18-25(34)31(2)3)21-16-14-20(15-17-21)29-27(19-10-6-5-7-11-19)26-22-12-8-9-13-23(22)30-28(26)35/h5-17,29H,4,18H2,1-3H3,(H,30,35). The molecule has 0 spiro atoms. The Labute approximate surface area is 205 Å². The van der Waals surface area contributed by atoms with E-state index in [0.717, 1.165) is 22.5 Å². The Balaban J connectivity index is 1.70. The molecule has 0 aromatic heterocycles. The maximum Gasteiger partial charge on any atom is 0.258 e. The number of hydrogen-bond donors (Lipinski definition) is 2. The largest absolute Gasteiger partial charge is 0.354 e. The summed E-state index contributed by atoms with van der Waals surface area (Å²) in [5.74, 6) is -0.459. The van der Waals surface area contributed by atoms with Crippen molar-refractivity contribution in [3.05, 3.63) is 90.0 Å². The Morgan fingerprint density at radius 3 is 2.17 bits per heavy atom. The van der Waals surface area contributed by atoms with Gasteiger partial charge in [0.15, 0.2) is 0 Å². The molecule has 1 heterocycles. The van der Waals surface area contributed by atoms with Crippen molar-refractivity contribution < 1.29 is 14.4 Å². The summed E-state index contributed by atoms with van der Waals surface area (Å²) < 4.78 is 0. The highest BCUT2D eigenvalue weighted by Gasteiger charge is 2.28. The van der Waals surface area contributed by atoms with Crippen molar-refractivity contribution in [1.29, 1.82) is 0 Å². The summed E-state index contributed by atoms with van der Waals surface area (Å²) in [4.78, 5) is 40.7. The fraction of sp³-hybridized carbons (Fsp3) is 0.179. The fourth-order valence-electron chi connectivity index (χ4n) is 3.91. The zero-order valence-electron chi connectivity index (χ0n) is 20.0. The molecule has 0 unspecified atom stereocenters. The van der Waals surface area contributed by atoms with Crippen LogP contribution in [-0.4, -0.2) is 43.3 Å². The summed E-state index contributed by atoms with van der Waals surface area (Å²) in [7, 11) is 3.33. The van der Waals surface area contributed by atoms with Gasteiger partial charge in [-0.1, -0.05) is 55.5 Å². The molecule has 2 N–H and O–H groups in total. The van der Waals surface area contributed by atoms with Crippen LogP contribution in [0.15, 0.2) is 78.9 Å².